The summed E-state index contributed by atoms with van der Waals surface area (Å²) >= 11 is 0. The van der Waals surface area contributed by atoms with E-state index in [0.717, 1.165) is 19.3 Å². The fourth-order valence-corrected chi connectivity index (χ4v) is 2.28. The van der Waals surface area contributed by atoms with E-state index in [9.17, 15) is 8.78 Å². The third kappa shape index (κ3) is 1.88. The Kier molecular flexibility index (Phi) is 2.74. The summed E-state index contributed by atoms with van der Waals surface area (Å²) in [6, 6.07) is 3.47. The zero-order valence-corrected chi connectivity index (χ0v) is 8.76. The van der Waals surface area contributed by atoms with Crippen LogP contribution >= 0.6 is 0 Å². The zero-order chi connectivity index (χ0) is 11.0. The van der Waals surface area contributed by atoms with Gasteiger partial charge in [-0.3, -0.25) is 0 Å². The summed E-state index contributed by atoms with van der Waals surface area (Å²) in [7, 11) is 0. The first-order valence-corrected chi connectivity index (χ1v) is 5.29. The molecule has 15 heavy (non-hydrogen) atoms. The number of hydrogen-bond donors (Lipinski definition) is 1. The smallest absolute Gasteiger partial charge is 0.162 e. The van der Waals surface area contributed by atoms with Crippen molar-refractivity contribution in [1.82, 2.24) is 0 Å². The van der Waals surface area contributed by atoms with Crippen molar-refractivity contribution in [3.05, 3.63) is 34.9 Å². The lowest BCUT2D eigenvalue weighted by Crippen LogP contribution is -2.14. The van der Waals surface area contributed by atoms with E-state index in [1.807, 2.05) is 0 Å². The minimum absolute atomic E-state index is 0.0927. The summed E-state index contributed by atoms with van der Waals surface area (Å²) in [6.45, 7) is 1.57. The van der Waals surface area contributed by atoms with Crippen molar-refractivity contribution in [3.8, 4) is 0 Å². The van der Waals surface area contributed by atoms with Gasteiger partial charge in [-0.25, -0.2) is 8.78 Å². The van der Waals surface area contributed by atoms with Crippen LogP contribution in [0.2, 0.25) is 0 Å². The van der Waals surface area contributed by atoms with Crippen molar-refractivity contribution >= 4 is 0 Å². The number of benzene rings is 1. The first kappa shape index (κ1) is 10.6. The van der Waals surface area contributed by atoms with Crippen LogP contribution in [0.4, 0.5) is 8.78 Å². The van der Waals surface area contributed by atoms with E-state index >= 15 is 0 Å². The van der Waals surface area contributed by atoms with E-state index < -0.39 is 11.6 Å². The van der Waals surface area contributed by atoms with Gasteiger partial charge in [-0.05, 0) is 43.2 Å². The van der Waals surface area contributed by atoms with E-state index in [-0.39, 0.29) is 12.0 Å². The van der Waals surface area contributed by atoms with Crippen molar-refractivity contribution in [3.63, 3.8) is 0 Å². The molecule has 0 aliphatic heterocycles. The lowest BCUT2D eigenvalue weighted by atomic mass is 9.95. The average molecular weight is 211 g/mol. The molecule has 0 saturated heterocycles. The highest BCUT2D eigenvalue weighted by molar-refractivity contribution is 5.29. The van der Waals surface area contributed by atoms with Crippen LogP contribution in [0, 0.1) is 18.6 Å². The molecule has 1 fully saturated rings. The summed E-state index contributed by atoms with van der Waals surface area (Å²) in [5.41, 5.74) is 6.62. The van der Waals surface area contributed by atoms with Crippen molar-refractivity contribution < 1.29 is 8.78 Å². The van der Waals surface area contributed by atoms with Gasteiger partial charge in [-0.2, -0.15) is 0 Å². The van der Waals surface area contributed by atoms with Gasteiger partial charge in [-0.15, -0.1) is 0 Å². The van der Waals surface area contributed by atoms with Crippen LogP contribution in [-0.2, 0) is 0 Å². The van der Waals surface area contributed by atoms with E-state index in [1.165, 1.54) is 0 Å². The fourth-order valence-electron chi connectivity index (χ4n) is 2.28. The summed E-state index contributed by atoms with van der Waals surface area (Å²) in [6.07, 6.45) is 2.53. The van der Waals surface area contributed by atoms with Gasteiger partial charge in [0.05, 0.1) is 0 Å². The molecule has 1 aromatic rings. The van der Waals surface area contributed by atoms with Gasteiger partial charge >= 0.3 is 0 Å². The molecule has 0 heterocycles. The Morgan fingerprint density at radius 3 is 2.53 bits per heavy atom. The molecular formula is C12H15F2N. The molecular weight excluding hydrogens is 196 g/mol. The van der Waals surface area contributed by atoms with Gasteiger partial charge in [0.2, 0.25) is 0 Å². The average Bonchev–Trinajstić information content (AvgIpc) is 2.61. The largest absolute Gasteiger partial charge is 0.328 e. The summed E-state index contributed by atoms with van der Waals surface area (Å²) in [5.74, 6) is -1.31. The van der Waals surface area contributed by atoms with Crippen LogP contribution in [0.1, 0.15) is 36.3 Å². The molecule has 3 heteroatoms. The van der Waals surface area contributed by atoms with E-state index in [1.54, 1.807) is 19.1 Å². The van der Waals surface area contributed by atoms with Gasteiger partial charge in [0, 0.05) is 6.04 Å². The monoisotopic (exact) mass is 211 g/mol. The first-order valence-electron chi connectivity index (χ1n) is 5.29. The Hall–Kier alpha value is -0.960. The summed E-state index contributed by atoms with van der Waals surface area (Å²) < 4.78 is 27.0. The Morgan fingerprint density at radius 1 is 1.20 bits per heavy atom. The number of halogens is 2. The SMILES string of the molecule is Cc1ccc(C2CCC(N)C2)c(F)c1F. The predicted octanol–water partition coefficient (Wildman–Crippen LogP) is 2.87. The summed E-state index contributed by atoms with van der Waals surface area (Å²) in [5, 5.41) is 0. The molecule has 1 saturated carbocycles. The van der Waals surface area contributed by atoms with Crippen molar-refractivity contribution in [2.45, 2.75) is 38.1 Å². The minimum Gasteiger partial charge on any atom is -0.328 e. The molecule has 82 valence electrons. The third-order valence-corrected chi connectivity index (χ3v) is 3.22. The maximum absolute atomic E-state index is 13.6. The van der Waals surface area contributed by atoms with Crippen LogP contribution in [-0.4, -0.2) is 6.04 Å². The number of hydrogen-bond acceptors (Lipinski definition) is 1. The number of rotatable bonds is 1. The normalized spacial score (nSPS) is 25.9. The van der Waals surface area contributed by atoms with Crippen LogP contribution < -0.4 is 5.73 Å². The molecule has 2 unspecified atom stereocenters. The maximum Gasteiger partial charge on any atom is 0.162 e. The molecule has 1 aromatic carbocycles. The molecule has 0 aromatic heterocycles. The maximum atomic E-state index is 13.6. The van der Waals surface area contributed by atoms with E-state index in [4.69, 9.17) is 5.73 Å². The van der Waals surface area contributed by atoms with Crippen molar-refractivity contribution in [2.75, 3.05) is 0 Å². The van der Waals surface area contributed by atoms with Gasteiger partial charge in [0.25, 0.3) is 0 Å². The Balaban J connectivity index is 2.33. The molecule has 1 nitrogen and oxygen atoms in total. The molecule has 2 N–H and O–H groups in total. The van der Waals surface area contributed by atoms with Crippen LogP contribution in [0.5, 0.6) is 0 Å². The quantitative estimate of drug-likeness (QED) is 0.759. The highest BCUT2D eigenvalue weighted by Gasteiger charge is 2.26. The number of aryl methyl sites for hydroxylation is 1. The van der Waals surface area contributed by atoms with Gasteiger partial charge in [0.15, 0.2) is 11.6 Å². The molecule has 0 spiro atoms. The van der Waals surface area contributed by atoms with Crippen molar-refractivity contribution in [2.24, 2.45) is 5.73 Å². The molecule has 1 aliphatic carbocycles. The zero-order valence-electron chi connectivity index (χ0n) is 8.76. The van der Waals surface area contributed by atoms with Gasteiger partial charge in [0.1, 0.15) is 0 Å². The second-order valence-electron chi connectivity index (χ2n) is 4.37. The second-order valence-corrected chi connectivity index (χ2v) is 4.37. The van der Waals surface area contributed by atoms with Crippen molar-refractivity contribution in [1.29, 1.82) is 0 Å². The summed E-state index contributed by atoms with van der Waals surface area (Å²) in [4.78, 5) is 0. The molecule has 2 rings (SSSR count). The fraction of sp³-hybridized carbons (Fsp3) is 0.500. The van der Waals surface area contributed by atoms with Crippen LogP contribution in [0.15, 0.2) is 12.1 Å². The third-order valence-electron chi connectivity index (χ3n) is 3.22. The lowest BCUT2D eigenvalue weighted by Gasteiger charge is -2.12. The lowest BCUT2D eigenvalue weighted by molar-refractivity contribution is 0.482. The molecule has 1 aliphatic rings. The topological polar surface area (TPSA) is 26.0 Å². The molecule has 0 bridgehead atoms. The van der Waals surface area contributed by atoms with E-state index in [0.29, 0.717) is 11.1 Å². The van der Waals surface area contributed by atoms with Crippen LogP contribution in [0.25, 0.3) is 0 Å². The number of nitrogens with two attached hydrogens (primary N) is 1. The van der Waals surface area contributed by atoms with Gasteiger partial charge < -0.3 is 5.73 Å². The molecule has 2 atom stereocenters. The molecule has 0 radical (unpaired) electrons. The Morgan fingerprint density at radius 2 is 1.93 bits per heavy atom. The van der Waals surface area contributed by atoms with Crippen LogP contribution in [0.3, 0.4) is 0 Å². The standard InChI is InChI=1S/C12H15F2N/c1-7-2-5-10(12(14)11(7)13)8-3-4-9(15)6-8/h2,5,8-9H,3-4,6,15H2,1H3. The minimum atomic E-state index is -0.715. The van der Waals surface area contributed by atoms with E-state index in [2.05, 4.69) is 0 Å². The Labute approximate surface area is 88.3 Å². The molecule has 0 amide bonds. The second kappa shape index (κ2) is 3.89. The first-order chi connectivity index (χ1) is 7.09. The highest BCUT2D eigenvalue weighted by Crippen LogP contribution is 2.35. The highest BCUT2D eigenvalue weighted by atomic mass is 19.2. The van der Waals surface area contributed by atoms with Gasteiger partial charge in [-0.1, -0.05) is 12.1 Å². The Bertz CT molecular complexity index is 376. The predicted molar refractivity (Wildman–Crippen MR) is 55.7 cm³/mol.